The molecule has 0 heterocycles. The Morgan fingerprint density at radius 3 is 2.47 bits per heavy atom. The molecule has 0 aliphatic heterocycles. The molecular weight excluding hydrogens is 420 g/mol. The first-order valence-corrected chi connectivity index (χ1v) is 11.4. The summed E-state index contributed by atoms with van der Waals surface area (Å²) < 4.78 is 28.0. The first kappa shape index (κ1) is 21.9. The topological polar surface area (TPSA) is 75.3 Å². The second-order valence-corrected chi connectivity index (χ2v) is 8.99. The van der Waals surface area contributed by atoms with E-state index >= 15 is 0 Å². The van der Waals surface area contributed by atoms with Crippen molar-refractivity contribution in [1.29, 1.82) is 0 Å². The predicted octanol–water partition coefficient (Wildman–Crippen LogP) is 4.81. The summed E-state index contributed by atoms with van der Waals surface area (Å²) >= 11 is 6.14. The van der Waals surface area contributed by atoms with Crippen molar-refractivity contribution < 1.29 is 13.2 Å². The third-order valence-corrected chi connectivity index (χ3v) is 6.39. The van der Waals surface area contributed by atoms with Crippen LogP contribution >= 0.6 is 11.6 Å². The zero-order valence-corrected chi connectivity index (χ0v) is 18.1. The number of hydrogen-bond donors (Lipinski definition) is 2. The summed E-state index contributed by atoms with van der Waals surface area (Å²) in [6.07, 6.45) is 1.47. The summed E-state index contributed by atoms with van der Waals surface area (Å²) in [7, 11) is -3.80. The Balaban J connectivity index is 1.62. The minimum absolute atomic E-state index is 0.0365. The summed E-state index contributed by atoms with van der Waals surface area (Å²) in [4.78, 5) is 12.5. The quantitative estimate of drug-likeness (QED) is 0.491. The molecule has 0 aliphatic carbocycles. The number of hydrogen-bond acceptors (Lipinski definition) is 3. The molecule has 0 spiro atoms. The van der Waals surface area contributed by atoms with E-state index in [9.17, 15) is 13.2 Å². The van der Waals surface area contributed by atoms with Gasteiger partial charge in [-0.25, -0.2) is 8.42 Å². The zero-order valence-electron chi connectivity index (χ0n) is 16.6. The average molecular weight is 443 g/mol. The number of benzene rings is 3. The Kier molecular flexibility index (Phi) is 7.13. The van der Waals surface area contributed by atoms with Crippen LogP contribution in [-0.4, -0.2) is 20.9 Å². The van der Waals surface area contributed by atoms with Crippen molar-refractivity contribution in [3.8, 4) is 0 Å². The molecule has 0 saturated carbocycles. The number of aryl methyl sites for hydroxylation is 2. The highest BCUT2D eigenvalue weighted by Crippen LogP contribution is 2.20. The predicted molar refractivity (Wildman–Crippen MR) is 121 cm³/mol. The summed E-state index contributed by atoms with van der Waals surface area (Å²) in [5.41, 5.74) is 2.64. The van der Waals surface area contributed by atoms with Crippen LogP contribution in [0.4, 0.5) is 5.69 Å². The molecule has 0 aliphatic rings. The van der Waals surface area contributed by atoms with Crippen LogP contribution < -0.4 is 10.0 Å². The molecule has 0 radical (unpaired) electrons. The number of carbonyl (C=O) groups is 1. The molecular formula is C23H23ClN2O3S. The largest absolute Gasteiger partial charge is 0.352 e. The van der Waals surface area contributed by atoms with E-state index in [2.05, 4.69) is 10.0 Å². The highest BCUT2D eigenvalue weighted by molar-refractivity contribution is 7.92. The Bertz CT molecular complexity index is 1150. The molecule has 0 bridgehead atoms. The number of rotatable bonds is 8. The summed E-state index contributed by atoms with van der Waals surface area (Å²) in [5.74, 6) is -0.317. The van der Waals surface area contributed by atoms with E-state index in [0.717, 1.165) is 24.0 Å². The van der Waals surface area contributed by atoms with Crippen LogP contribution in [0.5, 0.6) is 0 Å². The first-order valence-electron chi connectivity index (χ1n) is 9.57. The minimum Gasteiger partial charge on any atom is -0.352 e. The molecule has 1 amide bonds. The third kappa shape index (κ3) is 5.62. The van der Waals surface area contributed by atoms with E-state index in [1.165, 1.54) is 12.1 Å². The molecule has 30 heavy (non-hydrogen) atoms. The Labute approximate surface area is 182 Å². The monoisotopic (exact) mass is 442 g/mol. The van der Waals surface area contributed by atoms with Gasteiger partial charge in [0.25, 0.3) is 15.9 Å². The second kappa shape index (κ2) is 9.78. The van der Waals surface area contributed by atoms with Crippen LogP contribution in [0, 0.1) is 6.92 Å². The maximum atomic E-state index is 12.7. The SMILES string of the molecule is Cc1ccccc1NS(=O)(=O)c1cccc(C(=O)NCCCc2ccccc2Cl)c1. The lowest BCUT2D eigenvalue weighted by atomic mass is 10.1. The summed E-state index contributed by atoms with van der Waals surface area (Å²) in [5, 5.41) is 3.54. The van der Waals surface area contributed by atoms with E-state index in [0.29, 0.717) is 22.8 Å². The van der Waals surface area contributed by atoms with Crippen molar-refractivity contribution in [3.05, 3.63) is 94.5 Å². The van der Waals surface area contributed by atoms with Crippen LogP contribution in [0.15, 0.2) is 77.7 Å². The fraction of sp³-hybridized carbons (Fsp3) is 0.174. The highest BCUT2D eigenvalue weighted by Gasteiger charge is 2.17. The Morgan fingerprint density at radius 1 is 0.967 bits per heavy atom. The van der Waals surface area contributed by atoms with Gasteiger partial charge in [0.1, 0.15) is 0 Å². The fourth-order valence-electron chi connectivity index (χ4n) is 2.98. The van der Waals surface area contributed by atoms with Crippen LogP contribution in [-0.2, 0) is 16.4 Å². The van der Waals surface area contributed by atoms with Crippen LogP contribution in [0.25, 0.3) is 0 Å². The van der Waals surface area contributed by atoms with Gasteiger partial charge < -0.3 is 5.32 Å². The maximum Gasteiger partial charge on any atom is 0.261 e. The van der Waals surface area contributed by atoms with Gasteiger partial charge in [-0.05, 0) is 61.2 Å². The molecule has 0 atom stereocenters. The molecule has 5 nitrogen and oxygen atoms in total. The van der Waals surface area contributed by atoms with Crippen molar-refractivity contribution >= 4 is 33.2 Å². The van der Waals surface area contributed by atoms with Crippen molar-refractivity contribution in [1.82, 2.24) is 5.32 Å². The van der Waals surface area contributed by atoms with Gasteiger partial charge in [0.05, 0.1) is 10.6 Å². The van der Waals surface area contributed by atoms with Crippen LogP contribution in [0.2, 0.25) is 5.02 Å². The van der Waals surface area contributed by atoms with Gasteiger partial charge in [-0.3, -0.25) is 9.52 Å². The van der Waals surface area contributed by atoms with Crippen molar-refractivity contribution in [2.45, 2.75) is 24.7 Å². The molecule has 3 aromatic carbocycles. The third-order valence-electron chi connectivity index (χ3n) is 4.66. The second-order valence-electron chi connectivity index (χ2n) is 6.90. The Hall–Kier alpha value is -2.83. The van der Waals surface area contributed by atoms with E-state index in [1.807, 2.05) is 43.3 Å². The number of nitrogens with one attached hydrogen (secondary N) is 2. The number of anilines is 1. The molecule has 0 fully saturated rings. The molecule has 0 unspecified atom stereocenters. The van der Waals surface area contributed by atoms with E-state index in [-0.39, 0.29) is 10.8 Å². The van der Waals surface area contributed by atoms with E-state index in [1.54, 1.807) is 24.3 Å². The summed E-state index contributed by atoms with van der Waals surface area (Å²) in [6, 6.07) is 20.7. The molecule has 7 heteroatoms. The van der Waals surface area contributed by atoms with Gasteiger partial charge in [0.2, 0.25) is 0 Å². The number of para-hydroxylation sites is 1. The van der Waals surface area contributed by atoms with Gasteiger partial charge in [-0.2, -0.15) is 0 Å². The zero-order chi connectivity index (χ0) is 21.6. The van der Waals surface area contributed by atoms with Crippen molar-refractivity contribution in [2.75, 3.05) is 11.3 Å². The van der Waals surface area contributed by atoms with Gasteiger partial charge in [-0.15, -0.1) is 0 Å². The first-order chi connectivity index (χ1) is 14.4. The van der Waals surface area contributed by atoms with Gasteiger partial charge in [-0.1, -0.05) is 54.1 Å². The lowest BCUT2D eigenvalue weighted by molar-refractivity contribution is 0.0953. The molecule has 3 aromatic rings. The van der Waals surface area contributed by atoms with Gasteiger partial charge in [0.15, 0.2) is 0 Å². The Morgan fingerprint density at radius 2 is 1.70 bits per heavy atom. The minimum atomic E-state index is -3.80. The highest BCUT2D eigenvalue weighted by atomic mass is 35.5. The lowest BCUT2D eigenvalue weighted by Crippen LogP contribution is -2.25. The lowest BCUT2D eigenvalue weighted by Gasteiger charge is -2.11. The normalized spacial score (nSPS) is 11.1. The van der Waals surface area contributed by atoms with Crippen LogP contribution in [0.1, 0.15) is 27.9 Å². The molecule has 156 valence electrons. The summed E-state index contributed by atoms with van der Waals surface area (Å²) in [6.45, 7) is 2.28. The fourth-order valence-corrected chi connectivity index (χ4v) is 4.39. The smallest absolute Gasteiger partial charge is 0.261 e. The van der Waals surface area contributed by atoms with E-state index in [4.69, 9.17) is 11.6 Å². The van der Waals surface area contributed by atoms with Crippen LogP contribution in [0.3, 0.4) is 0 Å². The number of sulfonamides is 1. The van der Waals surface area contributed by atoms with Gasteiger partial charge >= 0.3 is 0 Å². The van der Waals surface area contributed by atoms with Gasteiger partial charge in [0, 0.05) is 17.1 Å². The average Bonchev–Trinajstić information content (AvgIpc) is 2.74. The number of carbonyl (C=O) groups excluding carboxylic acids is 1. The molecule has 2 N–H and O–H groups in total. The van der Waals surface area contributed by atoms with Crippen molar-refractivity contribution in [3.63, 3.8) is 0 Å². The maximum absolute atomic E-state index is 12.7. The van der Waals surface area contributed by atoms with E-state index < -0.39 is 10.0 Å². The molecule has 3 rings (SSSR count). The van der Waals surface area contributed by atoms with Crippen molar-refractivity contribution in [2.24, 2.45) is 0 Å². The molecule has 0 saturated heterocycles. The number of halogens is 1. The number of amides is 1. The molecule has 0 aromatic heterocycles. The standard InChI is InChI=1S/C23H23ClN2O3S/c1-17-8-2-5-14-22(17)26-30(28,29)20-12-6-10-19(16-20)23(27)25-15-7-11-18-9-3-4-13-21(18)24/h2-6,8-10,12-14,16,26H,7,11,15H2,1H3,(H,25,27).